The Kier molecular flexibility index (Phi) is 7.78. The van der Waals surface area contributed by atoms with Gasteiger partial charge in [-0.1, -0.05) is 35.9 Å². The molecule has 2 heterocycles. The molecule has 188 valence electrons. The molecule has 0 aliphatic carbocycles. The number of amides is 1. The standard InChI is InChI=1S/C27H25ClF3N3O2/c1-16(34-26(35)21-10-20(14-33-15-21)17-6-8-36-9-7-17)23-5-3-18(11-25(23)28)24-12-22(27(29,30)31)4-2-19(24)13-32/h2-6,10-12,14-16H,7-9,13,32H2,1H3,(H,34,35)/t16-/m1/s1. The fourth-order valence-corrected chi connectivity index (χ4v) is 4.48. The van der Waals surface area contributed by atoms with Gasteiger partial charge in [-0.3, -0.25) is 9.78 Å². The minimum absolute atomic E-state index is 0.0797. The maximum Gasteiger partial charge on any atom is 0.416 e. The van der Waals surface area contributed by atoms with Gasteiger partial charge in [0, 0.05) is 24.0 Å². The third-order valence-corrected chi connectivity index (χ3v) is 6.44. The summed E-state index contributed by atoms with van der Waals surface area (Å²) < 4.78 is 45.1. The van der Waals surface area contributed by atoms with Crippen molar-refractivity contribution in [3.05, 3.63) is 93.8 Å². The van der Waals surface area contributed by atoms with Crippen LogP contribution in [0.3, 0.4) is 0 Å². The number of pyridine rings is 1. The lowest BCUT2D eigenvalue weighted by Gasteiger charge is -2.18. The van der Waals surface area contributed by atoms with Gasteiger partial charge in [0.25, 0.3) is 5.91 Å². The molecule has 1 aliphatic rings. The zero-order chi connectivity index (χ0) is 25.9. The van der Waals surface area contributed by atoms with Crippen molar-refractivity contribution >= 4 is 23.1 Å². The summed E-state index contributed by atoms with van der Waals surface area (Å²) >= 11 is 6.52. The van der Waals surface area contributed by atoms with Crippen molar-refractivity contribution in [3.63, 3.8) is 0 Å². The Morgan fingerprint density at radius 3 is 2.64 bits per heavy atom. The van der Waals surface area contributed by atoms with E-state index >= 15 is 0 Å². The molecule has 0 bridgehead atoms. The molecule has 1 atom stereocenters. The second-order valence-corrected chi connectivity index (χ2v) is 8.93. The largest absolute Gasteiger partial charge is 0.416 e. The normalized spacial score (nSPS) is 14.8. The highest BCUT2D eigenvalue weighted by Crippen LogP contribution is 2.36. The van der Waals surface area contributed by atoms with Crippen molar-refractivity contribution in [1.29, 1.82) is 0 Å². The second kappa shape index (κ2) is 10.8. The average molecular weight is 516 g/mol. The van der Waals surface area contributed by atoms with Crippen LogP contribution in [0.15, 0.2) is 60.9 Å². The van der Waals surface area contributed by atoms with E-state index in [0.29, 0.717) is 46.1 Å². The van der Waals surface area contributed by atoms with E-state index in [1.807, 2.05) is 6.08 Å². The Hall–Kier alpha value is -3.20. The minimum Gasteiger partial charge on any atom is -0.377 e. The Morgan fingerprint density at radius 1 is 1.17 bits per heavy atom. The van der Waals surface area contributed by atoms with Crippen LogP contribution in [0.4, 0.5) is 13.2 Å². The van der Waals surface area contributed by atoms with E-state index in [0.717, 1.165) is 29.7 Å². The molecule has 5 nitrogen and oxygen atoms in total. The van der Waals surface area contributed by atoms with Crippen LogP contribution in [0.5, 0.6) is 0 Å². The number of halogens is 4. The molecule has 0 spiro atoms. The van der Waals surface area contributed by atoms with Crippen LogP contribution in [0.2, 0.25) is 5.02 Å². The number of ether oxygens (including phenoxy) is 1. The number of hydrogen-bond donors (Lipinski definition) is 2. The van der Waals surface area contributed by atoms with Crippen LogP contribution in [0, 0.1) is 0 Å². The molecule has 1 aliphatic heterocycles. The van der Waals surface area contributed by atoms with Crippen molar-refractivity contribution in [2.75, 3.05) is 13.2 Å². The summed E-state index contributed by atoms with van der Waals surface area (Å²) in [6.07, 6.45) is 1.47. The molecule has 1 amide bonds. The number of alkyl halides is 3. The van der Waals surface area contributed by atoms with Gasteiger partial charge in [0.1, 0.15) is 0 Å². The smallest absolute Gasteiger partial charge is 0.377 e. The lowest BCUT2D eigenvalue weighted by Crippen LogP contribution is -2.27. The van der Waals surface area contributed by atoms with Crippen LogP contribution >= 0.6 is 11.6 Å². The third kappa shape index (κ3) is 5.78. The highest BCUT2D eigenvalue weighted by molar-refractivity contribution is 6.31. The molecule has 0 unspecified atom stereocenters. The van der Waals surface area contributed by atoms with Crippen LogP contribution in [0.25, 0.3) is 16.7 Å². The van der Waals surface area contributed by atoms with Gasteiger partial charge < -0.3 is 15.8 Å². The van der Waals surface area contributed by atoms with Gasteiger partial charge in [-0.2, -0.15) is 13.2 Å². The molecule has 0 radical (unpaired) electrons. The maximum absolute atomic E-state index is 13.3. The molecule has 0 fully saturated rings. The van der Waals surface area contributed by atoms with Gasteiger partial charge >= 0.3 is 6.18 Å². The number of nitrogens with two attached hydrogens (primary N) is 1. The van der Waals surface area contributed by atoms with E-state index in [1.54, 1.807) is 37.4 Å². The first-order valence-corrected chi connectivity index (χ1v) is 11.8. The molecule has 0 saturated carbocycles. The quantitative estimate of drug-likeness (QED) is 0.411. The first-order chi connectivity index (χ1) is 17.2. The minimum atomic E-state index is -4.47. The molecular formula is C27H25ClF3N3O2. The SMILES string of the molecule is C[C@@H](NC(=O)c1cncc(C2=CCOCC2)c1)c1ccc(-c2cc(C(F)(F)F)ccc2CN)cc1Cl. The summed E-state index contributed by atoms with van der Waals surface area (Å²) in [4.78, 5) is 17.1. The number of nitrogens with one attached hydrogen (secondary N) is 1. The predicted octanol–water partition coefficient (Wildman–Crippen LogP) is 6.17. The molecule has 4 rings (SSSR count). The van der Waals surface area contributed by atoms with E-state index in [2.05, 4.69) is 10.3 Å². The van der Waals surface area contributed by atoms with Crippen molar-refractivity contribution in [3.8, 4) is 11.1 Å². The lowest BCUT2D eigenvalue weighted by molar-refractivity contribution is -0.137. The lowest BCUT2D eigenvalue weighted by atomic mass is 9.95. The van der Waals surface area contributed by atoms with Crippen LogP contribution in [0.1, 0.15) is 52.0 Å². The molecule has 0 saturated heterocycles. The predicted molar refractivity (Wildman–Crippen MR) is 133 cm³/mol. The molecule has 9 heteroatoms. The van der Waals surface area contributed by atoms with Crippen LogP contribution < -0.4 is 11.1 Å². The summed E-state index contributed by atoms with van der Waals surface area (Å²) in [5.74, 6) is -0.312. The molecule has 3 aromatic rings. The average Bonchev–Trinajstić information content (AvgIpc) is 2.88. The topological polar surface area (TPSA) is 77.2 Å². The molecule has 36 heavy (non-hydrogen) atoms. The van der Waals surface area contributed by atoms with Crippen LogP contribution in [-0.2, 0) is 17.5 Å². The Morgan fingerprint density at radius 2 is 1.97 bits per heavy atom. The van der Waals surface area contributed by atoms with Gasteiger partial charge in [-0.25, -0.2) is 0 Å². The fourth-order valence-electron chi connectivity index (χ4n) is 4.13. The summed E-state index contributed by atoms with van der Waals surface area (Å²) in [6, 6.07) is 9.77. The second-order valence-electron chi connectivity index (χ2n) is 8.52. The van der Waals surface area contributed by atoms with E-state index in [-0.39, 0.29) is 12.5 Å². The first kappa shape index (κ1) is 25.9. The van der Waals surface area contributed by atoms with Crippen molar-refractivity contribution in [1.82, 2.24) is 10.3 Å². The third-order valence-electron chi connectivity index (χ3n) is 6.12. The zero-order valence-corrected chi connectivity index (χ0v) is 20.3. The van der Waals surface area contributed by atoms with E-state index in [9.17, 15) is 18.0 Å². The van der Waals surface area contributed by atoms with E-state index < -0.39 is 17.8 Å². The number of carbonyl (C=O) groups excluding carboxylic acids is 1. The van der Waals surface area contributed by atoms with Gasteiger partial charge in [-0.05, 0) is 71.0 Å². The zero-order valence-electron chi connectivity index (χ0n) is 19.5. The van der Waals surface area contributed by atoms with E-state index in [1.165, 1.54) is 12.3 Å². The number of nitrogens with zero attached hydrogens (tertiary/aromatic N) is 1. The van der Waals surface area contributed by atoms with Gasteiger partial charge in [0.2, 0.25) is 0 Å². The summed E-state index contributed by atoms with van der Waals surface area (Å²) in [6.45, 7) is 3.02. The van der Waals surface area contributed by atoms with Crippen molar-refractivity contribution in [2.24, 2.45) is 5.73 Å². The van der Waals surface area contributed by atoms with Crippen molar-refractivity contribution in [2.45, 2.75) is 32.1 Å². The number of aromatic nitrogens is 1. The van der Waals surface area contributed by atoms with E-state index in [4.69, 9.17) is 22.1 Å². The Bertz CT molecular complexity index is 1310. The molecule has 1 aromatic heterocycles. The Labute approximate surface area is 212 Å². The Balaban J connectivity index is 1.55. The summed E-state index contributed by atoms with van der Waals surface area (Å²) in [5, 5.41) is 3.24. The molecule has 2 aromatic carbocycles. The monoisotopic (exact) mass is 515 g/mol. The number of benzene rings is 2. The summed E-state index contributed by atoms with van der Waals surface area (Å²) in [5.41, 5.74) is 9.44. The van der Waals surface area contributed by atoms with Crippen LogP contribution in [-0.4, -0.2) is 24.1 Å². The van der Waals surface area contributed by atoms with Crippen molar-refractivity contribution < 1.29 is 22.7 Å². The van der Waals surface area contributed by atoms with Gasteiger partial charge in [0.15, 0.2) is 0 Å². The number of rotatable bonds is 6. The molecule has 3 N–H and O–H groups in total. The van der Waals surface area contributed by atoms with Gasteiger partial charge in [-0.15, -0.1) is 0 Å². The number of hydrogen-bond acceptors (Lipinski definition) is 4. The van der Waals surface area contributed by atoms with Gasteiger partial charge in [0.05, 0.1) is 30.4 Å². The summed E-state index contributed by atoms with van der Waals surface area (Å²) in [7, 11) is 0. The fraction of sp³-hybridized carbons (Fsp3) is 0.259. The highest BCUT2D eigenvalue weighted by Gasteiger charge is 2.31. The molecular weight excluding hydrogens is 491 g/mol. The highest BCUT2D eigenvalue weighted by atomic mass is 35.5. The number of carbonyl (C=O) groups is 1. The first-order valence-electron chi connectivity index (χ1n) is 11.4. The maximum atomic E-state index is 13.3.